The minimum Gasteiger partial charge on any atom is -0.339 e. The molecule has 3 amide bonds. The van der Waals surface area contributed by atoms with Crippen molar-refractivity contribution in [2.24, 2.45) is 0 Å². The lowest BCUT2D eigenvalue weighted by molar-refractivity contribution is -0.136. The first-order valence-corrected chi connectivity index (χ1v) is 8.49. The molecule has 0 atom stereocenters. The van der Waals surface area contributed by atoms with Gasteiger partial charge in [-0.25, -0.2) is 0 Å². The molecule has 2 aromatic carbocycles. The highest BCUT2D eigenvalue weighted by Gasteiger charge is 2.15. The Balaban J connectivity index is 1.88. The summed E-state index contributed by atoms with van der Waals surface area (Å²) in [6, 6.07) is 9.40. The predicted octanol–water partition coefficient (Wildman–Crippen LogP) is 3.65. The number of benzene rings is 2. The second-order valence-electron chi connectivity index (χ2n) is 5.30. The van der Waals surface area contributed by atoms with Gasteiger partial charge in [0, 0.05) is 26.4 Å². The van der Waals surface area contributed by atoms with E-state index in [1.165, 1.54) is 18.2 Å². The van der Waals surface area contributed by atoms with E-state index >= 15 is 0 Å². The van der Waals surface area contributed by atoms with Crippen molar-refractivity contribution in [1.29, 1.82) is 0 Å². The van der Waals surface area contributed by atoms with Crippen LogP contribution < -0.4 is 16.0 Å². The van der Waals surface area contributed by atoms with Crippen molar-refractivity contribution in [2.45, 2.75) is 6.92 Å². The van der Waals surface area contributed by atoms with Crippen LogP contribution in [0.2, 0.25) is 15.1 Å². The number of amides is 3. The summed E-state index contributed by atoms with van der Waals surface area (Å²) in [6.07, 6.45) is 0. The summed E-state index contributed by atoms with van der Waals surface area (Å²) >= 11 is 17.5. The molecule has 0 aliphatic rings. The number of aryl methyl sites for hydroxylation is 1. The molecule has 2 aromatic rings. The summed E-state index contributed by atoms with van der Waals surface area (Å²) in [5.74, 6) is -2.42. The normalized spacial score (nSPS) is 10.2. The topological polar surface area (TPSA) is 87.3 Å². The second kappa shape index (κ2) is 8.89. The maximum atomic E-state index is 11.9. The highest BCUT2D eigenvalue weighted by atomic mass is 35.5. The van der Waals surface area contributed by atoms with Crippen molar-refractivity contribution in [1.82, 2.24) is 5.32 Å². The zero-order valence-corrected chi connectivity index (χ0v) is 15.8. The lowest BCUT2D eigenvalue weighted by Crippen LogP contribution is -2.39. The molecule has 0 saturated heterocycles. The van der Waals surface area contributed by atoms with E-state index in [-0.39, 0.29) is 12.2 Å². The molecule has 9 heteroatoms. The van der Waals surface area contributed by atoms with Gasteiger partial charge >= 0.3 is 11.8 Å². The molecule has 136 valence electrons. The summed E-state index contributed by atoms with van der Waals surface area (Å²) in [5.41, 5.74) is 1.60. The summed E-state index contributed by atoms with van der Waals surface area (Å²) in [4.78, 5) is 35.6. The monoisotopic (exact) mass is 413 g/mol. The van der Waals surface area contributed by atoms with Crippen LogP contribution in [-0.4, -0.2) is 24.3 Å². The number of halogens is 3. The van der Waals surface area contributed by atoms with Gasteiger partial charge in [0.25, 0.3) is 0 Å². The minimum atomic E-state index is -0.973. The van der Waals surface area contributed by atoms with Gasteiger partial charge in [-0.05, 0) is 42.8 Å². The molecule has 0 saturated carbocycles. The Morgan fingerprint density at radius 1 is 0.846 bits per heavy atom. The van der Waals surface area contributed by atoms with Crippen LogP contribution in [0.1, 0.15) is 5.56 Å². The molecule has 0 bridgehead atoms. The molecule has 0 aliphatic carbocycles. The van der Waals surface area contributed by atoms with Gasteiger partial charge in [-0.1, -0.05) is 40.9 Å². The van der Waals surface area contributed by atoms with E-state index < -0.39 is 17.7 Å². The third-order valence-corrected chi connectivity index (χ3v) is 3.88. The van der Waals surface area contributed by atoms with Crippen LogP contribution >= 0.6 is 34.8 Å². The van der Waals surface area contributed by atoms with Gasteiger partial charge in [0.1, 0.15) is 0 Å². The molecular formula is C17H14Cl3N3O3. The van der Waals surface area contributed by atoms with Gasteiger partial charge in [-0.2, -0.15) is 0 Å². The Bertz CT molecular complexity index is 851. The van der Waals surface area contributed by atoms with Crippen molar-refractivity contribution in [3.05, 3.63) is 57.0 Å². The standard InChI is InChI=1S/C17H14Cl3N3O3/c1-9-2-3-10(18)7-14(9)23-15(24)8-21-16(25)17(26)22-13-5-11(19)4-12(20)6-13/h2-7H,8H2,1H3,(H,21,25)(H,22,26)(H,23,24). The van der Waals surface area contributed by atoms with Crippen LogP contribution in [0.5, 0.6) is 0 Å². The van der Waals surface area contributed by atoms with E-state index in [1.54, 1.807) is 25.1 Å². The van der Waals surface area contributed by atoms with E-state index in [0.717, 1.165) is 5.56 Å². The zero-order chi connectivity index (χ0) is 19.3. The van der Waals surface area contributed by atoms with Crippen molar-refractivity contribution in [2.75, 3.05) is 17.2 Å². The number of anilines is 2. The van der Waals surface area contributed by atoms with E-state index in [4.69, 9.17) is 34.8 Å². The van der Waals surface area contributed by atoms with Gasteiger partial charge in [0.05, 0.1) is 6.54 Å². The van der Waals surface area contributed by atoms with Crippen LogP contribution in [0.3, 0.4) is 0 Å². The summed E-state index contributed by atoms with van der Waals surface area (Å²) < 4.78 is 0. The molecule has 0 heterocycles. The highest BCUT2D eigenvalue weighted by molar-refractivity contribution is 6.40. The molecule has 0 aromatic heterocycles. The SMILES string of the molecule is Cc1ccc(Cl)cc1NC(=O)CNC(=O)C(=O)Nc1cc(Cl)cc(Cl)c1. The molecule has 26 heavy (non-hydrogen) atoms. The first-order valence-electron chi connectivity index (χ1n) is 7.36. The van der Waals surface area contributed by atoms with E-state index in [1.807, 2.05) is 0 Å². The number of hydrogen-bond donors (Lipinski definition) is 3. The summed E-state index contributed by atoms with van der Waals surface area (Å²) in [7, 11) is 0. The maximum absolute atomic E-state index is 11.9. The average Bonchev–Trinajstić information content (AvgIpc) is 2.55. The fourth-order valence-electron chi connectivity index (χ4n) is 1.98. The van der Waals surface area contributed by atoms with Crippen LogP contribution in [-0.2, 0) is 14.4 Å². The maximum Gasteiger partial charge on any atom is 0.313 e. The van der Waals surface area contributed by atoms with Crippen LogP contribution in [0, 0.1) is 6.92 Å². The van der Waals surface area contributed by atoms with Gasteiger partial charge in [-0.3, -0.25) is 14.4 Å². The molecule has 0 aliphatic heterocycles. The predicted molar refractivity (Wildman–Crippen MR) is 103 cm³/mol. The second-order valence-corrected chi connectivity index (χ2v) is 6.61. The number of hydrogen-bond acceptors (Lipinski definition) is 3. The van der Waals surface area contributed by atoms with E-state index in [2.05, 4.69) is 16.0 Å². The van der Waals surface area contributed by atoms with Gasteiger partial charge in [0.2, 0.25) is 5.91 Å². The van der Waals surface area contributed by atoms with Crippen molar-refractivity contribution in [3.8, 4) is 0 Å². The Morgan fingerprint density at radius 3 is 2.15 bits per heavy atom. The van der Waals surface area contributed by atoms with Crippen molar-refractivity contribution < 1.29 is 14.4 Å². The van der Waals surface area contributed by atoms with E-state index in [9.17, 15) is 14.4 Å². The number of carbonyl (C=O) groups is 3. The Morgan fingerprint density at radius 2 is 1.50 bits per heavy atom. The number of rotatable bonds is 4. The fourth-order valence-corrected chi connectivity index (χ4v) is 2.68. The first-order chi connectivity index (χ1) is 12.2. The molecule has 0 radical (unpaired) electrons. The molecule has 6 nitrogen and oxygen atoms in total. The van der Waals surface area contributed by atoms with Crippen molar-refractivity contribution >= 4 is 63.9 Å². The Labute approximate surface area is 164 Å². The molecule has 3 N–H and O–H groups in total. The molecule has 2 rings (SSSR count). The van der Waals surface area contributed by atoms with Gasteiger partial charge < -0.3 is 16.0 Å². The highest BCUT2D eigenvalue weighted by Crippen LogP contribution is 2.22. The first kappa shape index (κ1) is 20.0. The quantitative estimate of drug-likeness (QED) is 0.667. The number of nitrogens with one attached hydrogen (secondary N) is 3. The third-order valence-electron chi connectivity index (χ3n) is 3.21. The molecule has 0 spiro atoms. The lowest BCUT2D eigenvalue weighted by Gasteiger charge is -2.10. The fraction of sp³-hybridized carbons (Fsp3) is 0.118. The minimum absolute atomic E-state index is 0.265. The van der Waals surface area contributed by atoms with Crippen molar-refractivity contribution in [3.63, 3.8) is 0 Å². The lowest BCUT2D eigenvalue weighted by atomic mass is 10.2. The average molecular weight is 415 g/mol. The van der Waals surface area contributed by atoms with Gasteiger partial charge in [-0.15, -0.1) is 0 Å². The Hall–Kier alpha value is -2.28. The third kappa shape index (κ3) is 5.91. The van der Waals surface area contributed by atoms with Crippen LogP contribution in [0.4, 0.5) is 11.4 Å². The van der Waals surface area contributed by atoms with E-state index in [0.29, 0.717) is 20.8 Å². The number of carbonyl (C=O) groups excluding carboxylic acids is 3. The molecule has 0 fully saturated rings. The van der Waals surface area contributed by atoms with Gasteiger partial charge in [0.15, 0.2) is 0 Å². The van der Waals surface area contributed by atoms with Crippen LogP contribution in [0.25, 0.3) is 0 Å². The zero-order valence-electron chi connectivity index (χ0n) is 13.5. The van der Waals surface area contributed by atoms with Crippen LogP contribution in [0.15, 0.2) is 36.4 Å². The summed E-state index contributed by atoms with van der Waals surface area (Å²) in [6.45, 7) is 1.42. The largest absolute Gasteiger partial charge is 0.339 e. The summed E-state index contributed by atoms with van der Waals surface area (Å²) in [5, 5.41) is 8.26. The Kier molecular flexibility index (Phi) is 6.85. The molecule has 0 unspecified atom stereocenters. The molecular weight excluding hydrogens is 401 g/mol. The smallest absolute Gasteiger partial charge is 0.313 e.